The maximum absolute atomic E-state index is 12.5. The lowest BCUT2D eigenvalue weighted by atomic mass is 10.0. The molecule has 0 unspecified atom stereocenters. The lowest BCUT2D eigenvalue weighted by Gasteiger charge is -2.08. The Morgan fingerprint density at radius 1 is 0.333 bits per heavy atom. The minimum Gasteiger partial charge on any atom is -0.508 e. The third kappa shape index (κ3) is 10.0. The van der Waals surface area contributed by atoms with Crippen LogP contribution in [-0.4, -0.2) is 50.3 Å². The zero-order valence-corrected chi connectivity index (χ0v) is 29.6. The minimum atomic E-state index is -1.05. The van der Waals surface area contributed by atoms with Crippen LogP contribution >= 0.6 is 0 Å². The van der Waals surface area contributed by atoms with E-state index in [1.54, 1.807) is 60.7 Å². The number of benzene rings is 7. The number of ether oxygens (including phenoxy) is 3. The van der Waals surface area contributed by atoms with Crippen LogP contribution in [0.1, 0.15) is 51.8 Å². The molecule has 0 atom stereocenters. The summed E-state index contributed by atoms with van der Waals surface area (Å²) in [7, 11) is 0. The Labute approximate surface area is 324 Å². The van der Waals surface area contributed by atoms with E-state index in [0.29, 0.717) is 22.1 Å². The van der Waals surface area contributed by atoms with Gasteiger partial charge in [0.05, 0.1) is 27.8 Å². The molecule has 0 spiro atoms. The average molecular weight is 763 g/mol. The summed E-state index contributed by atoms with van der Waals surface area (Å²) in [6.07, 6.45) is 0. The standard InChI is InChI=1S/C25H16O7.C20H14O5/c26-20-7-5-15(6-8-20)24(29)31-21-9-11-22(12-10-21)32-25(30)19-4-2-16-13-18(23(27)28)3-1-17(16)14-19;21-17-9-5-13(6-10-17)14-7-11-18(12-8-14)25-20(24)16-3-1-15(2-4-16)19(22)23/h1-14,26H,(H,27,28);1-12,21H,(H,22,23). The number of carboxylic acid groups (broad SMARTS) is 2. The van der Waals surface area contributed by atoms with Crippen molar-refractivity contribution in [3.63, 3.8) is 0 Å². The number of phenols is 2. The van der Waals surface area contributed by atoms with Crippen molar-refractivity contribution in [2.45, 2.75) is 0 Å². The largest absolute Gasteiger partial charge is 0.508 e. The number of aromatic carboxylic acids is 2. The fraction of sp³-hybridized carbons (Fsp3) is 0. The smallest absolute Gasteiger partial charge is 0.343 e. The molecular weight excluding hydrogens is 732 g/mol. The molecule has 0 bridgehead atoms. The van der Waals surface area contributed by atoms with E-state index in [9.17, 15) is 34.2 Å². The van der Waals surface area contributed by atoms with E-state index in [-0.39, 0.29) is 45.3 Å². The molecule has 0 aliphatic carbocycles. The van der Waals surface area contributed by atoms with Crippen LogP contribution in [0, 0.1) is 0 Å². The summed E-state index contributed by atoms with van der Waals surface area (Å²) < 4.78 is 15.9. The number of esters is 3. The highest BCUT2D eigenvalue weighted by Gasteiger charge is 2.14. The van der Waals surface area contributed by atoms with E-state index in [4.69, 9.17) is 24.4 Å². The molecule has 7 aromatic carbocycles. The summed E-state index contributed by atoms with van der Waals surface area (Å²) >= 11 is 0. The van der Waals surface area contributed by atoms with Gasteiger partial charge in [0.1, 0.15) is 28.7 Å². The van der Waals surface area contributed by atoms with Crippen LogP contribution in [0.2, 0.25) is 0 Å². The Bertz CT molecular complexity index is 2580. The Kier molecular flexibility index (Phi) is 11.7. The zero-order valence-electron chi connectivity index (χ0n) is 29.6. The molecule has 0 aromatic heterocycles. The first-order chi connectivity index (χ1) is 27.4. The lowest BCUT2D eigenvalue weighted by Crippen LogP contribution is -2.09. The molecule has 7 aromatic rings. The molecule has 57 heavy (non-hydrogen) atoms. The summed E-state index contributed by atoms with van der Waals surface area (Å²) in [4.78, 5) is 58.6. The molecule has 4 N–H and O–H groups in total. The Morgan fingerprint density at radius 3 is 1.07 bits per heavy atom. The summed E-state index contributed by atoms with van der Waals surface area (Å²) in [5, 5.41) is 37.9. The van der Waals surface area contributed by atoms with E-state index in [2.05, 4.69) is 0 Å². The van der Waals surface area contributed by atoms with Gasteiger partial charge in [-0.05, 0) is 143 Å². The van der Waals surface area contributed by atoms with Crippen molar-refractivity contribution >= 4 is 40.6 Å². The van der Waals surface area contributed by atoms with Crippen molar-refractivity contribution in [1.29, 1.82) is 0 Å². The first-order valence-corrected chi connectivity index (χ1v) is 17.0. The van der Waals surface area contributed by atoms with E-state index < -0.39 is 29.8 Å². The van der Waals surface area contributed by atoms with Crippen LogP contribution < -0.4 is 14.2 Å². The highest BCUT2D eigenvalue weighted by Crippen LogP contribution is 2.26. The van der Waals surface area contributed by atoms with Crippen molar-refractivity contribution in [3.05, 3.63) is 186 Å². The molecule has 0 aliphatic rings. The van der Waals surface area contributed by atoms with Crippen molar-refractivity contribution in [3.8, 4) is 39.9 Å². The number of hydrogen-bond donors (Lipinski definition) is 4. The molecule has 12 nitrogen and oxygen atoms in total. The molecule has 12 heteroatoms. The SMILES string of the molecule is O=C(O)c1ccc(C(=O)Oc2ccc(-c3ccc(O)cc3)cc2)cc1.O=C(O)c1ccc2cc(C(=O)Oc3ccc(OC(=O)c4ccc(O)cc4)cc3)ccc2c1. The molecule has 282 valence electrons. The maximum Gasteiger partial charge on any atom is 0.343 e. The van der Waals surface area contributed by atoms with Gasteiger partial charge in [-0.3, -0.25) is 0 Å². The van der Waals surface area contributed by atoms with Crippen LogP contribution in [0.25, 0.3) is 21.9 Å². The van der Waals surface area contributed by atoms with E-state index in [0.717, 1.165) is 11.1 Å². The highest BCUT2D eigenvalue weighted by atomic mass is 16.5. The van der Waals surface area contributed by atoms with Gasteiger partial charge in [0, 0.05) is 0 Å². The van der Waals surface area contributed by atoms with Crippen LogP contribution in [0.15, 0.2) is 158 Å². The number of carbonyl (C=O) groups is 5. The second-order valence-electron chi connectivity index (χ2n) is 12.2. The second-order valence-corrected chi connectivity index (χ2v) is 12.2. The number of aromatic hydroxyl groups is 2. The molecule has 0 amide bonds. The molecule has 0 saturated carbocycles. The fourth-order valence-electron chi connectivity index (χ4n) is 5.30. The normalized spacial score (nSPS) is 10.4. The molecule has 0 radical (unpaired) electrons. The maximum atomic E-state index is 12.5. The number of rotatable bonds is 9. The number of fused-ring (bicyclic) bond motifs is 1. The summed E-state index contributed by atoms with van der Waals surface area (Å²) in [6, 6.07) is 40.4. The second kappa shape index (κ2) is 17.3. The summed E-state index contributed by atoms with van der Waals surface area (Å²) in [5.74, 6) is -2.64. The average Bonchev–Trinajstić information content (AvgIpc) is 3.22. The quantitative estimate of drug-likeness (QED) is 0.0809. The number of phenolic OH excluding ortho intramolecular Hbond substituents is 2. The third-order valence-electron chi connectivity index (χ3n) is 8.30. The van der Waals surface area contributed by atoms with Crippen LogP contribution in [-0.2, 0) is 0 Å². The molecule has 0 heterocycles. The predicted molar refractivity (Wildman–Crippen MR) is 207 cm³/mol. The van der Waals surface area contributed by atoms with Gasteiger partial charge in [-0.25, -0.2) is 24.0 Å². The van der Waals surface area contributed by atoms with Gasteiger partial charge in [0.2, 0.25) is 0 Å². The van der Waals surface area contributed by atoms with Crippen LogP contribution in [0.3, 0.4) is 0 Å². The third-order valence-corrected chi connectivity index (χ3v) is 8.30. The van der Waals surface area contributed by atoms with Crippen LogP contribution in [0.4, 0.5) is 0 Å². The lowest BCUT2D eigenvalue weighted by molar-refractivity contribution is 0.0686. The van der Waals surface area contributed by atoms with Gasteiger partial charge >= 0.3 is 29.8 Å². The first-order valence-electron chi connectivity index (χ1n) is 17.0. The minimum absolute atomic E-state index is 0.0455. The predicted octanol–water partition coefficient (Wildman–Crippen LogP) is 8.66. The van der Waals surface area contributed by atoms with E-state index >= 15 is 0 Å². The molecule has 7 rings (SSSR count). The van der Waals surface area contributed by atoms with Crippen molar-refractivity contribution in [1.82, 2.24) is 0 Å². The van der Waals surface area contributed by atoms with Crippen LogP contribution in [0.5, 0.6) is 28.7 Å². The monoisotopic (exact) mass is 762 g/mol. The Balaban J connectivity index is 0.000000199. The van der Waals surface area contributed by atoms with Gasteiger partial charge < -0.3 is 34.6 Å². The Hall–Kier alpha value is -8.25. The van der Waals surface area contributed by atoms with Gasteiger partial charge in [-0.1, -0.05) is 36.4 Å². The number of hydrogen-bond acceptors (Lipinski definition) is 10. The molecule has 0 aliphatic heterocycles. The van der Waals surface area contributed by atoms with Gasteiger partial charge in [0.15, 0.2) is 0 Å². The molecular formula is C45H30O12. The van der Waals surface area contributed by atoms with Gasteiger partial charge in [-0.2, -0.15) is 0 Å². The van der Waals surface area contributed by atoms with E-state index in [1.165, 1.54) is 84.9 Å². The number of carbonyl (C=O) groups excluding carboxylic acids is 3. The topological polar surface area (TPSA) is 194 Å². The van der Waals surface area contributed by atoms with Gasteiger partial charge in [0.25, 0.3) is 0 Å². The first kappa shape index (κ1) is 38.5. The zero-order chi connectivity index (χ0) is 40.5. The fourth-order valence-corrected chi connectivity index (χ4v) is 5.30. The van der Waals surface area contributed by atoms with Crippen molar-refractivity contribution in [2.75, 3.05) is 0 Å². The summed E-state index contributed by atoms with van der Waals surface area (Å²) in [6.45, 7) is 0. The number of carboxylic acids is 2. The van der Waals surface area contributed by atoms with E-state index in [1.807, 2.05) is 12.1 Å². The molecule has 0 saturated heterocycles. The summed E-state index contributed by atoms with van der Waals surface area (Å²) in [5.41, 5.74) is 2.99. The van der Waals surface area contributed by atoms with Crippen molar-refractivity contribution in [2.24, 2.45) is 0 Å². The van der Waals surface area contributed by atoms with Gasteiger partial charge in [-0.15, -0.1) is 0 Å². The Morgan fingerprint density at radius 2 is 0.632 bits per heavy atom. The molecule has 0 fully saturated rings. The highest BCUT2D eigenvalue weighted by molar-refractivity contribution is 5.99. The van der Waals surface area contributed by atoms with Crippen molar-refractivity contribution < 1.29 is 58.6 Å².